The van der Waals surface area contributed by atoms with Crippen LogP contribution in [-0.4, -0.2) is 164 Å². The molecule has 0 saturated heterocycles. The van der Waals surface area contributed by atoms with E-state index in [4.69, 9.17) is 56.8 Å². The average molecular weight is 663 g/mol. The number of carbonyl (C=O) groups excluding carboxylic acids is 2. The Morgan fingerprint density at radius 1 is 0.391 bits per heavy atom. The van der Waals surface area contributed by atoms with Crippen LogP contribution in [0.5, 0.6) is 0 Å². The molecule has 0 aromatic heterocycles. The lowest BCUT2D eigenvalue weighted by molar-refractivity contribution is -0.139. The predicted molar refractivity (Wildman–Crippen MR) is 166 cm³/mol. The molecule has 0 unspecified atom stereocenters. The van der Waals surface area contributed by atoms with E-state index in [1.54, 1.807) is 30.3 Å². The van der Waals surface area contributed by atoms with Crippen LogP contribution >= 0.6 is 0 Å². The van der Waals surface area contributed by atoms with Gasteiger partial charge in [-0.05, 0) is 6.92 Å². The molecule has 0 spiro atoms. The quantitative estimate of drug-likeness (QED) is 0.0444. The molecule has 46 heavy (non-hydrogen) atoms. The van der Waals surface area contributed by atoms with Gasteiger partial charge in [-0.1, -0.05) is 30.3 Å². The molecule has 14 nitrogen and oxygen atoms in total. The molecule has 0 aliphatic rings. The molecule has 14 heteroatoms. The van der Waals surface area contributed by atoms with Crippen molar-refractivity contribution in [1.29, 1.82) is 0 Å². The summed E-state index contributed by atoms with van der Waals surface area (Å²) in [4.78, 5) is 23.6. The number of esters is 1. The van der Waals surface area contributed by atoms with Crippen molar-refractivity contribution in [2.45, 2.75) is 6.92 Å². The lowest BCUT2D eigenvalue weighted by Gasteiger charge is -2.09. The van der Waals surface area contributed by atoms with Gasteiger partial charge in [0.1, 0.15) is 6.61 Å². The summed E-state index contributed by atoms with van der Waals surface area (Å²) >= 11 is 0. The molecule has 0 amide bonds. The van der Waals surface area contributed by atoms with Crippen molar-refractivity contribution < 1.29 is 66.4 Å². The number of hydrogen-bond acceptors (Lipinski definition) is 14. The van der Waals surface area contributed by atoms with Gasteiger partial charge in [0.2, 0.25) is 0 Å². The van der Waals surface area contributed by atoms with Gasteiger partial charge in [0.05, 0.1) is 139 Å². The zero-order chi connectivity index (χ0) is 33.0. The number of ketones is 1. The van der Waals surface area contributed by atoms with E-state index in [1.165, 1.54) is 0 Å². The SMILES string of the molecule is CCOCCOCCOCCOCCOCCOCCOCCOCCOCCOCCOCCOC(=O)C(=O)c1ccccc1. The smallest absolute Gasteiger partial charge is 0.379 e. The van der Waals surface area contributed by atoms with Crippen LogP contribution in [0.15, 0.2) is 30.3 Å². The standard InChI is InChI=1S/C32H54O14/c1-2-35-8-9-36-10-11-37-12-13-38-14-15-39-16-17-40-18-19-41-20-21-42-22-23-43-24-25-44-26-27-45-28-29-46-32(34)31(33)30-6-4-3-5-7-30/h3-7H,2,8-29H2,1H3. The fraction of sp³-hybridized carbons (Fsp3) is 0.750. The normalized spacial score (nSPS) is 11.2. The zero-order valence-corrected chi connectivity index (χ0v) is 27.4. The Morgan fingerprint density at radius 2 is 0.652 bits per heavy atom. The van der Waals surface area contributed by atoms with Gasteiger partial charge >= 0.3 is 5.97 Å². The first kappa shape index (κ1) is 41.9. The minimum absolute atomic E-state index is 0.00199. The Bertz CT molecular complexity index is 798. The van der Waals surface area contributed by atoms with E-state index in [-0.39, 0.29) is 13.2 Å². The van der Waals surface area contributed by atoms with Crippen molar-refractivity contribution in [2.24, 2.45) is 0 Å². The second kappa shape index (κ2) is 34.3. The fourth-order valence-electron chi connectivity index (χ4n) is 3.31. The number of rotatable bonds is 36. The van der Waals surface area contributed by atoms with Crippen LogP contribution in [-0.2, 0) is 61.6 Å². The molecule has 0 saturated carbocycles. The third-order valence-corrected chi connectivity index (χ3v) is 5.61. The molecule has 266 valence electrons. The number of benzene rings is 1. The maximum atomic E-state index is 11.9. The van der Waals surface area contributed by atoms with Crippen LogP contribution in [0.4, 0.5) is 0 Å². The molecule has 0 bridgehead atoms. The second-order valence-electron chi connectivity index (χ2n) is 9.15. The van der Waals surface area contributed by atoms with Gasteiger partial charge in [0.15, 0.2) is 0 Å². The number of carbonyl (C=O) groups is 2. The highest BCUT2D eigenvalue weighted by molar-refractivity contribution is 6.40. The van der Waals surface area contributed by atoms with Crippen molar-refractivity contribution in [1.82, 2.24) is 0 Å². The van der Waals surface area contributed by atoms with Gasteiger partial charge < -0.3 is 56.8 Å². The maximum Gasteiger partial charge on any atom is 0.379 e. The summed E-state index contributed by atoms with van der Waals surface area (Å²) in [5, 5.41) is 0. The lowest BCUT2D eigenvalue weighted by Crippen LogP contribution is -2.20. The van der Waals surface area contributed by atoms with Crippen LogP contribution in [0.2, 0.25) is 0 Å². The molecule has 0 heterocycles. The second-order valence-corrected chi connectivity index (χ2v) is 9.15. The van der Waals surface area contributed by atoms with Crippen LogP contribution < -0.4 is 0 Å². The Labute approximate surface area is 273 Å². The maximum absolute atomic E-state index is 11.9. The predicted octanol–water partition coefficient (Wildman–Crippen LogP) is 1.62. The van der Waals surface area contributed by atoms with E-state index in [1.807, 2.05) is 6.92 Å². The Kier molecular flexibility index (Phi) is 31.2. The first-order valence-corrected chi connectivity index (χ1v) is 15.9. The first-order chi connectivity index (χ1) is 22.8. The highest BCUT2D eigenvalue weighted by Gasteiger charge is 2.17. The number of ether oxygens (including phenoxy) is 12. The molecule has 0 radical (unpaired) electrons. The van der Waals surface area contributed by atoms with E-state index >= 15 is 0 Å². The highest BCUT2D eigenvalue weighted by Crippen LogP contribution is 2.01. The van der Waals surface area contributed by atoms with Gasteiger partial charge in [0, 0.05) is 12.2 Å². The number of Topliss-reactive ketones (excluding diaryl/α,β-unsaturated/α-hetero) is 1. The van der Waals surface area contributed by atoms with Gasteiger partial charge in [0.25, 0.3) is 5.78 Å². The van der Waals surface area contributed by atoms with Crippen LogP contribution in [0, 0.1) is 0 Å². The molecule has 0 atom stereocenters. The lowest BCUT2D eigenvalue weighted by atomic mass is 10.1. The van der Waals surface area contributed by atoms with Crippen LogP contribution in [0.25, 0.3) is 0 Å². The third-order valence-electron chi connectivity index (χ3n) is 5.61. The highest BCUT2D eigenvalue weighted by atomic mass is 16.6. The Balaban J connectivity index is 1.66. The summed E-state index contributed by atoms with van der Waals surface area (Å²) < 4.78 is 64.3. The summed E-state index contributed by atoms with van der Waals surface area (Å²) in [7, 11) is 0. The Hall–Kier alpha value is -2.08. The largest absolute Gasteiger partial charge is 0.457 e. The summed E-state index contributed by atoms with van der Waals surface area (Å²) in [6.07, 6.45) is 0. The van der Waals surface area contributed by atoms with E-state index < -0.39 is 11.8 Å². The van der Waals surface area contributed by atoms with Gasteiger partial charge in [-0.15, -0.1) is 0 Å². The van der Waals surface area contributed by atoms with E-state index in [0.29, 0.717) is 144 Å². The molecule has 0 fully saturated rings. The minimum atomic E-state index is -0.897. The van der Waals surface area contributed by atoms with Crippen molar-refractivity contribution in [3.63, 3.8) is 0 Å². The van der Waals surface area contributed by atoms with Crippen molar-refractivity contribution >= 4 is 11.8 Å². The molecule has 0 aliphatic carbocycles. The fourth-order valence-corrected chi connectivity index (χ4v) is 3.31. The summed E-state index contributed by atoms with van der Waals surface area (Å²) in [6.45, 7) is 12.6. The molecular formula is C32H54O14. The topological polar surface area (TPSA) is 145 Å². The Morgan fingerprint density at radius 3 is 0.935 bits per heavy atom. The monoisotopic (exact) mass is 662 g/mol. The average Bonchev–Trinajstić information content (AvgIpc) is 3.08. The number of hydrogen-bond donors (Lipinski definition) is 0. The third kappa shape index (κ3) is 28.2. The molecule has 0 N–H and O–H groups in total. The first-order valence-electron chi connectivity index (χ1n) is 15.9. The summed E-state index contributed by atoms with van der Waals surface area (Å²) in [5.74, 6) is -1.57. The molecular weight excluding hydrogens is 608 g/mol. The zero-order valence-electron chi connectivity index (χ0n) is 27.4. The minimum Gasteiger partial charge on any atom is -0.457 e. The summed E-state index contributed by atoms with van der Waals surface area (Å²) in [6, 6.07) is 8.26. The molecule has 1 rings (SSSR count). The molecule has 0 aliphatic heterocycles. The molecule has 1 aromatic rings. The van der Waals surface area contributed by atoms with Crippen LogP contribution in [0.1, 0.15) is 17.3 Å². The van der Waals surface area contributed by atoms with Gasteiger partial charge in [-0.2, -0.15) is 0 Å². The van der Waals surface area contributed by atoms with Gasteiger partial charge in [-0.25, -0.2) is 4.79 Å². The molecule has 1 aromatic carbocycles. The van der Waals surface area contributed by atoms with Gasteiger partial charge in [-0.3, -0.25) is 4.79 Å². The van der Waals surface area contributed by atoms with E-state index in [2.05, 4.69) is 0 Å². The van der Waals surface area contributed by atoms with Crippen LogP contribution in [0.3, 0.4) is 0 Å². The van der Waals surface area contributed by atoms with E-state index in [9.17, 15) is 9.59 Å². The summed E-state index contributed by atoms with van der Waals surface area (Å²) in [5.41, 5.74) is 0.296. The van der Waals surface area contributed by atoms with Crippen molar-refractivity contribution in [3.8, 4) is 0 Å². The van der Waals surface area contributed by atoms with Crippen molar-refractivity contribution in [2.75, 3.05) is 152 Å². The van der Waals surface area contributed by atoms with E-state index in [0.717, 1.165) is 0 Å². The van der Waals surface area contributed by atoms with Crippen molar-refractivity contribution in [3.05, 3.63) is 35.9 Å².